The molecule has 93 valence electrons. The molecule has 1 radical (unpaired) electrons. The van der Waals surface area contributed by atoms with Crippen molar-refractivity contribution < 1.29 is 14.3 Å². The standard InChI is InChI=1S/C11H15N2O3S/c1-6(14)8(7-5-17-10(12)13-7)9(15)16-11(2,3)4/h5H,1-4H3,(H2,12,13). The van der Waals surface area contributed by atoms with Crippen LogP contribution in [-0.4, -0.2) is 22.3 Å². The highest BCUT2D eigenvalue weighted by Crippen LogP contribution is 2.23. The molecule has 0 bridgehead atoms. The van der Waals surface area contributed by atoms with E-state index in [9.17, 15) is 9.59 Å². The summed E-state index contributed by atoms with van der Waals surface area (Å²) in [6.07, 6.45) is 0. The van der Waals surface area contributed by atoms with E-state index in [0.717, 1.165) is 0 Å². The van der Waals surface area contributed by atoms with Crippen molar-refractivity contribution >= 4 is 28.2 Å². The molecule has 0 atom stereocenters. The Morgan fingerprint density at radius 1 is 1.41 bits per heavy atom. The Kier molecular flexibility index (Phi) is 3.87. The number of carbonyl (C=O) groups is 2. The lowest BCUT2D eigenvalue weighted by Gasteiger charge is -2.21. The zero-order valence-corrected chi connectivity index (χ0v) is 11.1. The number of ketones is 1. The van der Waals surface area contributed by atoms with Crippen LogP contribution in [0.15, 0.2) is 5.38 Å². The molecule has 6 heteroatoms. The third-order valence-electron chi connectivity index (χ3n) is 1.73. The van der Waals surface area contributed by atoms with Crippen LogP contribution in [0.25, 0.3) is 0 Å². The number of carbonyl (C=O) groups excluding carboxylic acids is 2. The molecule has 0 saturated carbocycles. The Bertz CT molecular complexity index is 434. The maximum Gasteiger partial charge on any atom is 0.328 e. The molecular formula is C11H15N2O3S. The average Bonchev–Trinajstić information content (AvgIpc) is 2.47. The monoisotopic (exact) mass is 255 g/mol. The largest absolute Gasteiger partial charge is 0.459 e. The van der Waals surface area contributed by atoms with Gasteiger partial charge in [-0.2, -0.15) is 0 Å². The Balaban J connectivity index is 2.95. The molecule has 0 aliphatic carbocycles. The lowest BCUT2D eigenvalue weighted by atomic mass is 10.0. The number of hydrogen-bond acceptors (Lipinski definition) is 6. The lowest BCUT2D eigenvalue weighted by Crippen LogP contribution is -2.31. The van der Waals surface area contributed by atoms with E-state index < -0.39 is 11.6 Å². The van der Waals surface area contributed by atoms with E-state index >= 15 is 0 Å². The normalized spacial score (nSPS) is 11.6. The number of Topliss-reactive ketones (excluding diaryl/α,β-unsaturated/α-hetero) is 1. The lowest BCUT2D eigenvalue weighted by molar-refractivity contribution is -0.152. The number of nitrogens with zero attached hydrogens (tertiary/aromatic N) is 1. The summed E-state index contributed by atoms with van der Waals surface area (Å²) in [6.45, 7) is 6.50. The molecule has 0 fully saturated rings. The minimum absolute atomic E-state index is 0.0622. The van der Waals surface area contributed by atoms with Gasteiger partial charge in [-0.1, -0.05) is 0 Å². The van der Waals surface area contributed by atoms with E-state index in [0.29, 0.717) is 5.13 Å². The first-order valence-electron chi connectivity index (χ1n) is 5.03. The highest BCUT2D eigenvalue weighted by atomic mass is 32.1. The predicted molar refractivity (Wildman–Crippen MR) is 65.4 cm³/mol. The van der Waals surface area contributed by atoms with E-state index in [1.807, 2.05) is 0 Å². The number of nitrogen functional groups attached to an aromatic ring is 1. The van der Waals surface area contributed by atoms with Crippen molar-refractivity contribution in [2.24, 2.45) is 0 Å². The second-order valence-corrected chi connectivity index (χ2v) is 5.39. The first kappa shape index (κ1) is 13.6. The Morgan fingerprint density at radius 2 is 2.00 bits per heavy atom. The van der Waals surface area contributed by atoms with Crippen LogP contribution in [0.1, 0.15) is 33.4 Å². The Hall–Kier alpha value is -1.43. The van der Waals surface area contributed by atoms with Crippen LogP contribution in [0.3, 0.4) is 0 Å². The van der Waals surface area contributed by atoms with Gasteiger partial charge in [-0.15, -0.1) is 11.3 Å². The van der Waals surface area contributed by atoms with Gasteiger partial charge in [-0.05, 0) is 27.7 Å². The van der Waals surface area contributed by atoms with E-state index in [-0.39, 0.29) is 17.4 Å². The molecule has 0 aliphatic rings. The van der Waals surface area contributed by atoms with Gasteiger partial charge in [0.1, 0.15) is 5.60 Å². The summed E-state index contributed by atoms with van der Waals surface area (Å²) in [7, 11) is 0. The molecule has 1 heterocycles. The van der Waals surface area contributed by atoms with Crippen LogP contribution in [0.4, 0.5) is 5.13 Å². The minimum atomic E-state index is -0.671. The van der Waals surface area contributed by atoms with Crippen molar-refractivity contribution in [2.45, 2.75) is 33.3 Å². The number of rotatable bonds is 3. The quantitative estimate of drug-likeness (QED) is 0.655. The van der Waals surface area contributed by atoms with Crippen molar-refractivity contribution in [3.63, 3.8) is 0 Å². The van der Waals surface area contributed by atoms with Crippen LogP contribution in [0, 0.1) is 5.92 Å². The first-order chi connectivity index (χ1) is 7.70. The molecule has 0 spiro atoms. The Labute approximate surface area is 104 Å². The second kappa shape index (κ2) is 4.83. The van der Waals surface area contributed by atoms with Gasteiger partial charge < -0.3 is 10.5 Å². The van der Waals surface area contributed by atoms with E-state index in [1.165, 1.54) is 18.3 Å². The number of nitrogens with two attached hydrogens (primary N) is 1. The molecule has 2 N–H and O–H groups in total. The van der Waals surface area contributed by atoms with Gasteiger partial charge in [0.05, 0.1) is 5.69 Å². The van der Waals surface area contributed by atoms with Crippen molar-refractivity contribution in [1.82, 2.24) is 4.98 Å². The van der Waals surface area contributed by atoms with Crippen LogP contribution in [0.5, 0.6) is 0 Å². The number of anilines is 1. The Morgan fingerprint density at radius 3 is 2.35 bits per heavy atom. The van der Waals surface area contributed by atoms with Gasteiger partial charge in [0.15, 0.2) is 16.8 Å². The topological polar surface area (TPSA) is 82.3 Å². The summed E-state index contributed by atoms with van der Waals surface area (Å²) in [6, 6.07) is 0. The summed E-state index contributed by atoms with van der Waals surface area (Å²) < 4.78 is 5.15. The zero-order valence-electron chi connectivity index (χ0n) is 10.2. The van der Waals surface area contributed by atoms with Crippen LogP contribution >= 0.6 is 11.3 Å². The van der Waals surface area contributed by atoms with Gasteiger partial charge in [-0.25, -0.2) is 4.98 Å². The molecule has 0 aliphatic heterocycles. The third-order valence-corrected chi connectivity index (χ3v) is 2.41. The molecule has 0 aromatic carbocycles. The smallest absolute Gasteiger partial charge is 0.328 e. The molecule has 5 nitrogen and oxygen atoms in total. The molecule has 0 amide bonds. The summed E-state index contributed by atoms with van der Waals surface area (Å²) >= 11 is 1.17. The average molecular weight is 255 g/mol. The van der Waals surface area contributed by atoms with Crippen LogP contribution < -0.4 is 5.73 Å². The summed E-state index contributed by atoms with van der Waals surface area (Å²) in [5.74, 6) is -1.12. The van der Waals surface area contributed by atoms with E-state index in [4.69, 9.17) is 10.5 Å². The van der Waals surface area contributed by atoms with Gasteiger partial charge in [-0.3, -0.25) is 9.59 Å². The maximum atomic E-state index is 11.9. The fourth-order valence-electron chi connectivity index (χ4n) is 1.16. The number of thiazole rings is 1. The highest BCUT2D eigenvalue weighted by molar-refractivity contribution is 7.13. The molecule has 1 aromatic rings. The second-order valence-electron chi connectivity index (χ2n) is 4.50. The molecule has 0 unspecified atom stereocenters. The first-order valence-corrected chi connectivity index (χ1v) is 5.91. The summed E-state index contributed by atoms with van der Waals surface area (Å²) in [4.78, 5) is 27.2. The van der Waals surface area contributed by atoms with Gasteiger partial charge in [0.25, 0.3) is 0 Å². The fourth-order valence-corrected chi connectivity index (χ4v) is 1.71. The van der Waals surface area contributed by atoms with Crippen LogP contribution in [0.2, 0.25) is 0 Å². The van der Waals surface area contributed by atoms with Crippen LogP contribution in [-0.2, 0) is 14.3 Å². The minimum Gasteiger partial charge on any atom is -0.459 e. The zero-order chi connectivity index (χ0) is 13.2. The summed E-state index contributed by atoms with van der Waals surface area (Å²) in [5.41, 5.74) is 5.09. The van der Waals surface area contributed by atoms with Crippen molar-refractivity contribution in [1.29, 1.82) is 0 Å². The number of ether oxygens (including phenoxy) is 1. The van der Waals surface area contributed by atoms with Crippen molar-refractivity contribution in [3.05, 3.63) is 17.0 Å². The third kappa shape index (κ3) is 3.81. The van der Waals surface area contributed by atoms with Crippen molar-refractivity contribution in [2.75, 3.05) is 5.73 Å². The molecule has 17 heavy (non-hydrogen) atoms. The van der Waals surface area contributed by atoms with E-state index in [1.54, 1.807) is 26.2 Å². The summed E-state index contributed by atoms with van der Waals surface area (Å²) in [5, 5.41) is 1.87. The SMILES string of the molecule is CC(=O)[C](C(=O)OC(C)(C)C)c1csc(N)n1. The van der Waals surface area contributed by atoms with Gasteiger partial charge in [0, 0.05) is 5.38 Å². The molecular weight excluding hydrogens is 240 g/mol. The van der Waals surface area contributed by atoms with Gasteiger partial charge in [0.2, 0.25) is 0 Å². The molecule has 1 rings (SSSR count). The number of esters is 1. The number of aromatic nitrogens is 1. The fraction of sp³-hybridized carbons (Fsp3) is 0.455. The molecule has 0 saturated heterocycles. The number of hydrogen-bond donors (Lipinski definition) is 1. The molecule has 1 aromatic heterocycles. The van der Waals surface area contributed by atoms with Gasteiger partial charge >= 0.3 is 5.97 Å². The predicted octanol–water partition coefficient (Wildman–Crippen LogP) is 1.58. The maximum absolute atomic E-state index is 11.9. The highest BCUT2D eigenvalue weighted by Gasteiger charge is 2.33. The van der Waals surface area contributed by atoms with E-state index in [2.05, 4.69) is 4.98 Å². The van der Waals surface area contributed by atoms with Crippen molar-refractivity contribution in [3.8, 4) is 0 Å².